The van der Waals surface area contributed by atoms with Crippen LogP contribution in [0.2, 0.25) is 5.02 Å². The molecule has 0 atom stereocenters. The fourth-order valence-corrected chi connectivity index (χ4v) is 2.59. The Morgan fingerprint density at radius 3 is 2.57 bits per heavy atom. The molecule has 0 saturated carbocycles. The molecule has 0 spiro atoms. The topological polar surface area (TPSA) is 24.1 Å². The summed E-state index contributed by atoms with van der Waals surface area (Å²) in [5.41, 5.74) is 4.46. The van der Waals surface area contributed by atoms with Gasteiger partial charge in [-0.1, -0.05) is 33.6 Å². The van der Waals surface area contributed by atoms with Crippen molar-refractivity contribution in [2.24, 2.45) is 0 Å². The molecule has 0 aliphatic heterocycles. The smallest absolute Gasteiger partial charge is 0.171 e. The summed E-state index contributed by atoms with van der Waals surface area (Å²) in [6.45, 7) is 4.75. The summed E-state index contributed by atoms with van der Waals surface area (Å²) in [6.07, 6.45) is 0. The van der Waals surface area contributed by atoms with Gasteiger partial charge in [0.2, 0.25) is 0 Å². The molecule has 0 unspecified atom stereocenters. The van der Waals surface area contributed by atoms with E-state index in [4.69, 9.17) is 23.8 Å². The van der Waals surface area contributed by atoms with Gasteiger partial charge >= 0.3 is 0 Å². The van der Waals surface area contributed by atoms with Crippen molar-refractivity contribution in [3.63, 3.8) is 0 Å². The maximum Gasteiger partial charge on any atom is 0.171 e. The van der Waals surface area contributed by atoms with Gasteiger partial charge in [-0.25, -0.2) is 0 Å². The number of anilines is 1. The first-order valence-corrected chi connectivity index (χ1v) is 8.09. The normalized spacial score (nSPS) is 10.3. The minimum atomic E-state index is 0.603. The molecule has 0 aliphatic rings. The molecule has 2 nitrogen and oxygen atoms in total. The third-order valence-corrected chi connectivity index (χ3v) is 4.53. The average molecular weight is 384 g/mol. The summed E-state index contributed by atoms with van der Waals surface area (Å²) < 4.78 is 1.09. The number of nitrogens with one attached hydrogen (secondary N) is 2. The van der Waals surface area contributed by atoms with E-state index in [1.807, 2.05) is 50.2 Å². The SMILES string of the molecule is Cc1cc(NC(=S)NCc2ccc(Cl)cc2C)ccc1Br. The number of aryl methyl sites for hydroxylation is 2. The average Bonchev–Trinajstić information content (AvgIpc) is 2.42. The van der Waals surface area contributed by atoms with E-state index in [2.05, 4.69) is 26.6 Å². The molecule has 5 heteroatoms. The second-order valence-electron chi connectivity index (χ2n) is 4.84. The summed E-state index contributed by atoms with van der Waals surface area (Å²) in [7, 11) is 0. The van der Waals surface area contributed by atoms with Crippen molar-refractivity contribution in [3.8, 4) is 0 Å². The van der Waals surface area contributed by atoms with Crippen LogP contribution in [-0.4, -0.2) is 5.11 Å². The van der Waals surface area contributed by atoms with Crippen molar-refractivity contribution in [1.82, 2.24) is 5.32 Å². The van der Waals surface area contributed by atoms with E-state index in [0.29, 0.717) is 11.7 Å². The molecular weight excluding hydrogens is 368 g/mol. The highest BCUT2D eigenvalue weighted by Crippen LogP contribution is 2.20. The number of hydrogen-bond donors (Lipinski definition) is 2. The van der Waals surface area contributed by atoms with Gasteiger partial charge < -0.3 is 10.6 Å². The van der Waals surface area contributed by atoms with Crippen LogP contribution in [0.4, 0.5) is 5.69 Å². The molecular formula is C16H16BrClN2S. The molecule has 0 amide bonds. The largest absolute Gasteiger partial charge is 0.358 e. The van der Waals surface area contributed by atoms with Crippen molar-refractivity contribution < 1.29 is 0 Å². The summed E-state index contributed by atoms with van der Waals surface area (Å²) in [4.78, 5) is 0. The van der Waals surface area contributed by atoms with E-state index < -0.39 is 0 Å². The second kappa shape index (κ2) is 7.25. The number of thiocarbonyl (C=S) groups is 1. The van der Waals surface area contributed by atoms with Gasteiger partial charge in [0.15, 0.2) is 5.11 Å². The molecule has 0 fully saturated rings. The summed E-state index contributed by atoms with van der Waals surface area (Å²) in [5.74, 6) is 0. The zero-order valence-corrected chi connectivity index (χ0v) is 15.0. The minimum Gasteiger partial charge on any atom is -0.358 e. The molecule has 2 aromatic rings. The lowest BCUT2D eigenvalue weighted by atomic mass is 10.1. The monoisotopic (exact) mass is 382 g/mol. The van der Waals surface area contributed by atoms with Crippen LogP contribution >= 0.6 is 39.7 Å². The Morgan fingerprint density at radius 1 is 1.14 bits per heavy atom. The molecule has 2 rings (SSSR count). The van der Waals surface area contributed by atoms with Gasteiger partial charge in [-0.15, -0.1) is 0 Å². The van der Waals surface area contributed by atoms with Crippen LogP contribution in [0.5, 0.6) is 0 Å². The quantitative estimate of drug-likeness (QED) is 0.712. The van der Waals surface area contributed by atoms with Crippen molar-refractivity contribution in [3.05, 3.63) is 62.6 Å². The van der Waals surface area contributed by atoms with Gasteiger partial charge in [0, 0.05) is 21.7 Å². The molecule has 0 bridgehead atoms. The van der Waals surface area contributed by atoms with Gasteiger partial charge in [-0.05, 0) is 73.1 Å². The number of hydrogen-bond acceptors (Lipinski definition) is 1. The minimum absolute atomic E-state index is 0.603. The van der Waals surface area contributed by atoms with Gasteiger partial charge in [0.1, 0.15) is 0 Å². The second-order valence-corrected chi connectivity index (χ2v) is 6.54. The van der Waals surface area contributed by atoms with E-state index >= 15 is 0 Å². The van der Waals surface area contributed by atoms with E-state index in [-0.39, 0.29) is 0 Å². The fraction of sp³-hybridized carbons (Fsp3) is 0.188. The maximum absolute atomic E-state index is 5.95. The maximum atomic E-state index is 5.95. The Hall–Kier alpha value is -1.10. The standard InChI is InChI=1S/C16H16BrClN2S/c1-10-7-13(18)4-3-12(10)9-19-16(21)20-14-5-6-15(17)11(2)8-14/h3-8H,9H2,1-2H3,(H2,19,20,21). The van der Waals surface area contributed by atoms with E-state index in [1.165, 1.54) is 5.56 Å². The number of benzene rings is 2. The van der Waals surface area contributed by atoms with Crippen LogP contribution in [0, 0.1) is 13.8 Å². The predicted molar refractivity (Wildman–Crippen MR) is 98.1 cm³/mol. The van der Waals surface area contributed by atoms with Gasteiger partial charge in [-0.2, -0.15) is 0 Å². The van der Waals surface area contributed by atoms with Crippen LogP contribution in [0.15, 0.2) is 40.9 Å². The first-order valence-electron chi connectivity index (χ1n) is 6.52. The first kappa shape index (κ1) is 16.3. The van der Waals surface area contributed by atoms with Gasteiger partial charge in [0.25, 0.3) is 0 Å². The van der Waals surface area contributed by atoms with E-state index in [1.54, 1.807) is 0 Å². The summed E-state index contributed by atoms with van der Waals surface area (Å²) in [6, 6.07) is 11.9. The Kier molecular flexibility index (Phi) is 5.62. The van der Waals surface area contributed by atoms with Crippen LogP contribution < -0.4 is 10.6 Å². The lowest BCUT2D eigenvalue weighted by Gasteiger charge is -2.13. The Morgan fingerprint density at radius 2 is 1.90 bits per heavy atom. The van der Waals surface area contributed by atoms with E-state index in [9.17, 15) is 0 Å². The van der Waals surface area contributed by atoms with Gasteiger partial charge in [0.05, 0.1) is 0 Å². The van der Waals surface area contributed by atoms with Gasteiger partial charge in [-0.3, -0.25) is 0 Å². The van der Waals surface area contributed by atoms with Crippen molar-refractivity contribution in [2.75, 3.05) is 5.32 Å². The van der Waals surface area contributed by atoms with Crippen LogP contribution in [0.25, 0.3) is 0 Å². The highest BCUT2D eigenvalue weighted by molar-refractivity contribution is 9.10. The third kappa shape index (κ3) is 4.70. The molecule has 2 N–H and O–H groups in total. The zero-order valence-electron chi connectivity index (χ0n) is 11.8. The Balaban J connectivity index is 1.94. The highest BCUT2D eigenvalue weighted by Gasteiger charge is 2.02. The number of halogens is 2. The summed E-state index contributed by atoms with van der Waals surface area (Å²) in [5, 5.41) is 7.75. The van der Waals surface area contributed by atoms with E-state index in [0.717, 1.165) is 26.3 Å². The van der Waals surface area contributed by atoms with Crippen LogP contribution in [-0.2, 0) is 6.54 Å². The molecule has 110 valence electrons. The highest BCUT2D eigenvalue weighted by atomic mass is 79.9. The first-order chi connectivity index (χ1) is 9.95. The molecule has 0 radical (unpaired) electrons. The Bertz CT molecular complexity index is 673. The van der Waals surface area contributed by atoms with Crippen LogP contribution in [0.1, 0.15) is 16.7 Å². The molecule has 0 heterocycles. The summed E-state index contributed by atoms with van der Waals surface area (Å²) >= 11 is 14.8. The molecule has 0 aromatic heterocycles. The molecule has 2 aromatic carbocycles. The lowest BCUT2D eigenvalue weighted by molar-refractivity contribution is 0.915. The predicted octanol–water partition coefficient (Wildman–Crippen LogP) is 5.21. The van der Waals surface area contributed by atoms with Crippen molar-refractivity contribution in [2.45, 2.75) is 20.4 Å². The zero-order chi connectivity index (χ0) is 15.4. The fourth-order valence-electron chi connectivity index (χ4n) is 1.93. The molecule has 0 saturated heterocycles. The third-order valence-electron chi connectivity index (χ3n) is 3.16. The molecule has 0 aliphatic carbocycles. The molecule has 21 heavy (non-hydrogen) atoms. The van der Waals surface area contributed by atoms with Crippen LogP contribution in [0.3, 0.4) is 0 Å². The Labute approximate surface area is 144 Å². The van der Waals surface area contributed by atoms with Crippen molar-refractivity contribution >= 4 is 50.5 Å². The van der Waals surface area contributed by atoms with Crippen molar-refractivity contribution in [1.29, 1.82) is 0 Å². The lowest BCUT2D eigenvalue weighted by Crippen LogP contribution is -2.28. The number of rotatable bonds is 3.